The highest BCUT2D eigenvalue weighted by atomic mass is 79.9. The first-order chi connectivity index (χ1) is 8.63. The standard InChI is InChI=1S/C15H18BrNS/c1-10(12-7-5-4-6-8-12)15(17-3)13-9-14(16)18-11(13)2/h4-10,15,17H,1-3H3. The molecule has 2 atom stereocenters. The summed E-state index contributed by atoms with van der Waals surface area (Å²) in [6, 6.07) is 13.3. The van der Waals surface area contributed by atoms with E-state index in [4.69, 9.17) is 0 Å². The molecule has 1 nitrogen and oxygen atoms in total. The lowest BCUT2D eigenvalue weighted by Gasteiger charge is -2.24. The second-order valence-electron chi connectivity index (χ2n) is 4.53. The van der Waals surface area contributed by atoms with E-state index in [2.05, 4.69) is 71.5 Å². The van der Waals surface area contributed by atoms with E-state index in [1.54, 1.807) is 11.3 Å². The maximum Gasteiger partial charge on any atom is 0.0704 e. The Morgan fingerprint density at radius 2 is 1.89 bits per heavy atom. The number of aryl methyl sites for hydroxylation is 1. The van der Waals surface area contributed by atoms with Crippen LogP contribution in [0, 0.1) is 6.92 Å². The zero-order valence-electron chi connectivity index (χ0n) is 10.9. The fourth-order valence-electron chi connectivity index (χ4n) is 2.39. The first kappa shape index (κ1) is 13.8. The molecule has 0 aliphatic rings. The van der Waals surface area contributed by atoms with Crippen LogP contribution in [-0.2, 0) is 0 Å². The van der Waals surface area contributed by atoms with Crippen molar-refractivity contribution < 1.29 is 0 Å². The Hall–Kier alpha value is -0.640. The van der Waals surface area contributed by atoms with Gasteiger partial charge in [-0.25, -0.2) is 0 Å². The van der Waals surface area contributed by atoms with E-state index in [0.717, 1.165) is 0 Å². The van der Waals surface area contributed by atoms with Gasteiger partial charge in [0.2, 0.25) is 0 Å². The predicted octanol–water partition coefficient (Wildman–Crippen LogP) is 4.88. The predicted molar refractivity (Wildman–Crippen MR) is 83.4 cm³/mol. The minimum Gasteiger partial charge on any atom is -0.312 e. The van der Waals surface area contributed by atoms with Gasteiger partial charge < -0.3 is 5.32 Å². The van der Waals surface area contributed by atoms with Crippen LogP contribution in [0.4, 0.5) is 0 Å². The molecular formula is C15H18BrNS. The molecule has 1 heterocycles. The molecule has 0 amide bonds. The van der Waals surface area contributed by atoms with Gasteiger partial charge in [0.05, 0.1) is 3.79 Å². The van der Waals surface area contributed by atoms with Crippen molar-refractivity contribution in [1.82, 2.24) is 5.32 Å². The van der Waals surface area contributed by atoms with Crippen molar-refractivity contribution in [1.29, 1.82) is 0 Å². The van der Waals surface area contributed by atoms with Crippen molar-refractivity contribution in [3.8, 4) is 0 Å². The van der Waals surface area contributed by atoms with Gasteiger partial charge in [0, 0.05) is 16.8 Å². The quantitative estimate of drug-likeness (QED) is 0.845. The summed E-state index contributed by atoms with van der Waals surface area (Å²) >= 11 is 5.38. The molecule has 2 aromatic rings. The Balaban J connectivity index is 2.32. The highest BCUT2D eigenvalue weighted by Gasteiger charge is 2.22. The van der Waals surface area contributed by atoms with Crippen LogP contribution in [-0.4, -0.2) is 7.05 Å². The summed E-state index contributed by atoms with van der Waals surface area (Å²) in [5, 5.41) is 3.46. The molecule has 0 saturated carbocycles. The zero-order valence-corrected chi connectivity index (χ0v) is 13.3. The van der Waals surface area contributed by atoms with Gasteiger partial charge in [0.25, 0.3) is 0 Å². The topological polar surface area (TPSA) is 12.0 Å². The highest BCUT2D eigenvalue weighted by molar-refractivity contribution is 9.11. The van der Waals surface area contributed by atoms with Gasteiger partial charge in [0.15, 0.2) is 0 Å². The van der Waals surface area contributed by atoms with Gasteiger partial charge in [-0.2, -0.15) is 0 Å². The Morgan fingerprint density at radius 1 is 1.22 bits per heavy atom. The van der Waals surface area contributed by atoms with Crippen molar-refractivity contribution in [2.75, 3.05) is 7.05 Å². The Morgan fingerprint density at radius 3 is 2.39 bits per heavy atom. The van der Waals surface area contributed by atoms with E-state index in [1.165, 1.54) is 19.8 Å². The number of halogens is 1. The molecule has 18 heavy (non-hydrogen) atoms. The van der Waals surface area contributed by atoms with Gasteiger partial charge in [0.1, 0.15) is 0 Å². The van der Waals surface area contributed by atoms with Crippen LogP contribution in [0.3, 0.4) is 0 Å². The average Bonchev–Trinajstić information content (AvgIpc) is 2.70. The molecule has 0 fully saturated rings. The summed E-state index contributed by atoms with van der Waals surface area (Å²) in [5.41, 5.74) is 2.77. The SMILES string of the molecule is CNC(c1cc(Br)sc1C)C(C)c1ccccc1. The van der Waals surface area contributed by atoms with Crippen molar-refractivity contribution in [3.05, 3.63) is 56.2 Å². The molecular weight excluding hydrogens is 306 g/mol. The molecule has 0 aliphatic heterocycles. The van der Waals surface area contributed by atoms with Gasteiger partial charge in [-0.05, 0) is 47.1 Å². The van der Waals surface area contributed by atoms with Crippen LogP contribution in [0.15, 0.2) is 40.2 Å². The maximum absolute atomic E-state index is 3.58. The second-order valence-corrected chi connectivity index (χ2v) is 7.16. The van der Waals surface area contributed by atoms with Crippen LogP contribution in [0.1, 0.15) is 34.9 Å². The number of hydrogen-bond acceptors (Lipinski definition) is 2. The van der Waals surface area contributed by atoms with Crippen molar-refractivity contribution in [2.45, 2.75) is 25.8 Å². The van der Waals surface area contributed by atoms with Crippen molar-refractivity contribution in [3.63, 3.8) is 0 Å². The third-order valence-corrected chi connectivity index (χ3v) is 4.97. The molecule has 1 aromatic carbocycles. The lowest BCUT2D eigenvalue weighted by molar-refractivity contribution is 0.507. The first-order valence-corrected chi connectivity index (χ1v) is 7.72. The fourth-order valence-corrected chi connectivity index (χ4v) is 4.15. The minimum absolute atomic E-state index is 0.356. The molecule has 0 aliphatic carbocycles. The first-order valence-electron chi connectivity index (χ1n) is 6.11. The summed E-state index contributed by atoms with van der Waals surface area (Å²) in [7, 11) is 2.04. The summed E-state index contributed by atoms with van der Waals surface area (Å²) in [4.78, 5) is 1.38. The lowest BCUT2D eigenvalue weighted by atomic mass is 9.89. The third kappa shape index (κ3) is 2.85. The molecule has 0 bridgehead atoms. The van der Waals surface area contributed by atoms with Crippen LogP contribution in [0.2, 0.25) is 0 Å². The molecule has 2 unspecified atom stereocenters. The zero-order chi connectivity index (χ0) is 13.1. The van der Waals surface area contributed by atoms with Crippen LogP contribution in [0.25, 0.3) is 0 Å². The van der Waals surface area contributed by atoms with Gasteiger partial charge in [-0.15, -0.1) is 11.3 Å². The van der Waals surface area contributed by atoms with E-state index in [0.29, 0.717) is 12.0 Å². The average molecular weight is 324 g/mol. The van der Waals surface area contributed by atoms with E-state index in [-0.39, 0.29) is 0 Å². The largest absolute Gasteiger partial charge is 0.312 e. The second kappa shape index (κ2) is 6.00. The number of likely N-dealkylation sites (N-methyl/N-ethyl adjacent to an activating group) is 1. The van der Waals surface area contributed by atoms with Crippen LogP contribution in [0.5, 0.6) is 0 Å². The van der Waals surface area contributed by atoms with Crippen molar-refractivity contribution >= 4 is 27.3 Å². The van der Waals surface area contributed by atoms with Gasteiger partial charge in [-0.3, -0.25) is 0 Å². The highest BCUT2D eigenvalue weighted by Crippen LogP contribution is 2.37. The van der Waals surface area contributed by atoms with Crippen LogP contribution >= 0.6 is 27.3 Å². The van der Waals surface area contributed by atoms with Gasteiger partial charge in [-0.1, -0.05) is 37.3 Å². The van der Waals surface area contributed by atoms with Gasteiger partial charge >= 0.3 is 0 Å². The number of hydrogen-bond donors (Lipinski definition) is 1. The molecule has 1 aromatic heterocycles. The normalized spacial score (nSPS) is 14.4. The maximum atomic E-state index is 3.58. The molecule has 0 saturated heterocycles. The third-order valence-electron chi connectivity index (χ3n) is 3.40. The van der Waals surface area contributed by atoms with E-state index < -0.39 is 0 Å². The number of nitrogens with one attached hydrogen (secondary N) is 1. The Bertz CT molecular complexity index is 506. The summed E-state index contributed by atoms with van der Waals surface area (Å²) in [6.07, 6.45) is 0. The van der Waals surface area contributed by atoms with E-state index >= 15 is 0 Å². The van der Waals surface area contributed by atoms with Crippen LogP contribution < -0.4 is 5.32 Å². The number of benzene rings is 1. The Kier molecular flexibility index (Phi) is 4.60. The van der Waals surface area contributed by atoms with Crippen molar-refractivity contribution in [2.24, 2.45) is 0 Å². The summed E-state index contributed by atoms with van der Waals surface area (Å²) < 4.78 is 1.20. The number of thiophene rings is 1. The lowest BCUT2D eigenvalue weighted by Crippen LogP contribution is -2.22. The summed E-state index contributed by atoms with van der Waals surface area (Å²) in [5.74, 6) is 0.455. The molecule has 0 radical (unpaired) electrons. The minimum atomic E-state index is 0.356. The molecule has 3 heteroatoms. The summed E-state index contributed by atoms with van der Waals surface area (Å²) in [6.45, 7) is 4.47. The smallest absolute Gasteiger partial charge is 0.0704 e. The Labute approximate surface area is 121 Å². The monoisotopic (exact) mass is 323 g/mol. The van der Waals surface area contributed by atoms with E-state index in [1.807, 2.05) is 7.05 Å². The van der Waals surface area contributed by atoms with E-state index in [9.17, 15) is 0 Å². The number of rotatable bonds is 4. The fraction of sp³-hybridized carbons (Fsp3) is 0.333. The molecule has 1 N–H and O–H groups in total. The molecule has 96 valence electrons. The molecule has 2 rings (SSSR count). The molecule has 0 spiro atoms.